The molecule has 1 aliphatic heterocycles. The number of β-amino-alcohol motifs (C(OH)–C–C–N with tert-alkyl or cyclic N) is 2. The number of hydrogen-bond donors (Lipinski definition) is 4. The number of aliphatic hydroxyl groups excluding tert-OH is 2. The van der Waals surface area contributed by atoms with Gasteiger partial charge in [0.05, 0.1) is 17.9 Å². The van der Waals surface area contributed by atoms with Gasteiger partial charge in [-0.15, -0.1) is 0 Å². The number of rotatable bonds is 7. The standard InChI is InChI=1S/C26H32N6O3/c1-4-25(32-12-18(15(2)30-32)11-31-13-23(33)24(34)14-31)29-16(3)28-19-7-8-22-20(9-19)21(10-27-22)26(35)17-5-6-17/h4,7-10,12,17,23-24,27,33-34H,5-6,11,13-14H2,1-3H3,(H,28,29)/b25-4+. The Labute approximate surface area is 204 Å². The zero-order valence-corrected chi connectivity index (χ0v) is 20.3. The van der Waals surface area contributed by atoms with Crippen molar-refractivity contribution in [2.45, 2.75) is 52.4 Å². The van der Waals surface area contributed by atoms with Crippen LogP contribution in [0.25, 0.3) is 16.7 Å². The molecule has 9 nitrogen and oxygen atoms in total. The summed E-state index contributed by atoms with van der Waals surface area (Å²) in [4.78, 5) is 22.6. The molecule has 1 aromatic carbocycles. The van der Waals surface area contributed by atoms with E-state index in [-0.39, 0.29) is 11.7 Å². The first-order valence-electron chi connectivity index (χ1n) is 12.1. The van der Waals surface area contributed by atoms with Crippen LogP contribution < -0.4 is 5.32 Å². The Morgan fingerprint density at radius 3 is 2.71 bits per heavy atom. The number of benzene rings is 1. The fourth-order valence-electron chi connectivity index (χ4n) is 4.61. The molecule has 3 heterocycles. The van der Waals surface area contributed by atoms with E-state index in [1.54, 1.807) is 4.68 Å². The molecule has 2 aliphatic rings. The highest BCUT2D eigenvalue weighted by Crippen LogP contribution is 2.35. The molecule has 9 heteroatoms. The van der Waals surface area contributed by atoms with Gasteiger partial charge in [0, 0.05) is 65.7 Å². The summed E-state index contributed by atoms with van der Waals surface area (Å²) in [5.41, 5.74) is 4.47. The summed E-state index contributed by atoms with van der Waals surface area (Å²) in [5.74, 6) is 1.77. The largest absolute Gasteiger partial charge is 0.389 e. The van der Waals surface area contributed by atoms with E-state index >= 15 is 0 Å². The zero-order chi connectivity index (χ0) is 24.7. The van der Waals surface area contributed by atoms with Gasteiger partial charge in [0.2, 0.25) is 0 Å². The third-order valence-corrected chi connectivity index (χ3v) is 6.72. The van der Waals surface area contributed by atoms with Crippen LogP contribution in [0.3, 0.4) is 0 Å². The highest BCUT2D eigenvalue weighted by molar-refractivity contribution is 6.10. The number of ketones is 1. The third-order valence-electron chi connectivity index (χ3n) is 6.72. The number of allylic oxidation sites excluding steroid dienone is 1. The highest BCUT2D eigenvalue weighted by atomic mass is 16.3. The molecule has 0 radical (unpaired) electrons. The number of nitrogens with zero attached hydrogens (tertiary/aromatic N) is 4. The van der Waals surface area contributed by atoms with Crippen molar-refractivity contribution in [1.29, 1.82) is 0 Å². The average molecular weight is 477 g/mol. The van der Waals surface area contributed by atoms with Crippen molar-refractivity contribution in [3.05, 3.63) is 53.5 Å². The van der Waals surface area contributed by atoms with Gasteiger partial charge < -0.3 is 20.5 Å². The number of likely N-dealkylation sites (tertiary alicyclic amines) is 1. The van der Waals surface area contributed by atoms with E-state index in [2.05, 4.69) is 15.4 Å². The fraction of sp³-hybridized carbons (Fsp3) is 0.423. The van der Waals surface area contributed by atoms with Crippen molar-refractivity contribution in [2.75, 3.05) is 18.4 Å². The summed E-state index contributed by atoms with van der Waals surface area (Å²) in [5, 5.41) is 28.5. The van der Waals surface area contributed by atoms with E-state index in [9.17, 15) is 15.0 Å². The van der Waals surface area contributed by atoms with Crippen LogP contribution in [0.1, 0.15) is 48.3 Å². The quantitative estimate of drug-likeness (QED) is 0.236. The summed E-state index contributed by atoms with van der Waals surface area (Å²) in [7, 11) is 0. The van der Waals surface area contributed by atoms with E-state index in [0.29, 0.717) is 31.3 Å². The van der Waals surface area contributed by atoms with Crippen molar-refractivity contribution in [3.8, 4) is 0 Å². The Hall–Kier alpha value is -3.27. The number of aliphatic imine (C=N–C) groups is 1. The topological polar surface area (TPSA) is 119 Å². The number of aromatic nitrogens is 3. The lowest BCUT2D eigenvalue weighted by molar-refractivity contribution is 0.0572. The minimum atomic E-state index is -0.705. The molecule has 5 rings (SSSR count). The van der Waals surface area contributed by atoms with Crippen molar-refractivity contribution in [2.24, 2.45) is 10.9 Å². The molecule has 35 heavy (non-hydrogen) atoms. The maximum atomic E-state index is 12.6. The summed E-state index contributed by atoms with van der Waals surface area (Å²) in [6, 6.07) is 5.93. The van der Waals surface area contributed by atoms with Crippen LogP contribution in [0.2, 0.25) is 0 Å². The summed E-state index contributed by atoms with van der Waals surface area (Å²) < 4.78 is 1.75. The van der Waals surface area contributed by atoms with Gasteiger partial charge in [0.1, 0.15) is 5.84 Å². The van der Waals surface area contributed by atoms with Crippen LogP contribution in [-0.2, 0) is 6.54 Å². The van der Waals surface area contributed by atoms with E-state index in [4.69, 9.17) is 4.99 Å². The van der Waals surface area contributed by atoms with Crippen molar-refractivity contribution in [1.82, 2.24) is 19.7 Å². The van der Waals surface area contributed by atoms with Gasteiger partial charge in [-0.25, -0.2) is 9.67 Å². The molecule has 2 unspecified atom stereocenters. The number of Topliss-reactive ketones (excluding diaryl/α,β-unsaturated/α-hetero) is 1. The van der Waals surface area contributed by atoms with Crippen molar-refractivity contribution >= 4 is 34.0 Å². The predicted octanol–water partition coefficient (Wildman–Crippen LogP) is 3.15. The number of aryl methyl sites for hydroxylation is 1. The molecule has 4 N–H and O–H groups in total. The van der Waals surface area contributed by atoms with Gasteiger partial charge in [-0.2, -0.15) is 5.10 Å². The van der Waals surface area contributed by atoms with Crippen LogP contribution in [-0.4, -0.2) is 66.8 Å². The van der Waals surface area contributed by atoms with Crippen LogP contribution in [0.4, 0.5) is 5.69 Å². The molecule has 2 fully saturated rings. The van der Waals surface area contributed by atoms with E-state index in [1.807, 2.05) is 62.3 Å². The normalized spacial score (nSPS) is 21.7. The minimum absolute atomic E-state index is 0.175. The second-order valence-corrected chi connectivity index (χ2v) is 9.58. The first-order chi connectivity index (χ1) is 16.8. The molecule has 0 spiro atoms. The lowest BCUT2D eigenvalue weighted by atomic mass is 10.1. The number of carbonyl (C=O) groups excluding carboxylic acids is 1. The van der Waals surface area contributed by atoms with Crippen LogP contribution >= 0.6 is 0 Å². The van der Waals surface area contributed by atoms with Crippen LogP contribution in [0.15, 0.2) is 41.7 Å². The molecular weight excluding hydrogens is 444 g/mol. The van der Waals surface area contributed by atoms with Gasteiger partial charge >= 0.3 is 0 Å². The van der Waals surface area contributed by atoms with E-state index < -0.39 is 12.2 Å². The van der Waals surface area contributed by atoms with Crippen molar-refractivity contribution in [3.63, 3.8) is 0 Å². The van der Waals surface area contributed by atoms with Gasteiger partial charge in [0.25, 0.3) is 0 Å². The van der Waals surface area contributed by atoms with Crippen molar-refractivity contribution < 1.29 is 15.0 Å². The number of anilines is 1. The number of aromatic amines is 1. The van der Waals surface area contributed by atoms with Crippen LogP contribution in [0.5, 0.6) is 0 Å². The smallest absolute Gasteiger partial charge is 0.168 e. The van der Waals surface area contributed by atoms with Gasteiger partial charge in [-0.1, -0.05) is 0 Å². The lowest BCUT2D eigenvalue weighted by Gasteiger charge is -2.13. The number of fused-ring (bicyclic) bond motifs is 1. The SMILES string of the molecule is C/C=C(\N=C(C)Nc1ccc2[nH]cc(C(=O)C3CC3)c2c1)n1cc(CN2CC(O)C(O)C2)c(C)n1. The molecule has 2 atom stereocenters. The molecule has 0 bridgehead atoms. The predicted molar refractivity (Wildman–Crippen MR) is 136 cm³/mol. The fourth-order valence-corrected chi connectivity index (χ4v) is 4.61. The maximum absolute atomic E-state index is 12.6. The third kappa shape index (κ3) is 4.93. The highest BCUT2D eigenvalue weighted by Gasteiger charge is 2.32. The molecule has 184 valence electrons. The summed E-state index contributed by atoms with van der Waals surface area (Å²) in [6.07, 6.45) is 6.21. The molecular formula is C26H32N6O3. The second kappa shape index (κ2) is 9.41. The van der Waals surface area contributed by atoms with E-state index in [1.165, 1.54) is 0 Å². The van der Waals surface area contributed by atoms with E-state index in [0.717, 1.165) is 46.3 Å². The zero-order valence-electron chi connectivity index (χ0n) is 20.3. The van der Waals surface area contributed by atoms with Gasteiger partial charge in [0.15, 0.2) is 11.6 Å². The monoisotopic (exact) mass is 476 g/mol. The first kappa shape index (κ1) is 23.5. The molecule has 2 aromatic heterocycles. The minimum Gasteiger partial charge on any atom is -0.389 e. The molecule has 1 saturated heterocycles. The Morgan fingerprint density at radius 1 is 1.29 bits per heavy atom. The Kier molecular flexibility index (Phi) is 6.31. The number of carbonyl (C=O) groups is 1. The lowest BCUT2D eigenvalue weighted by Crippen LogP contribution is -2.22. The molecule has 1 aliphatic carbocycles. The van der Waals surface area contributed by atoms with Crippen LogP contribution in [0, 0.1) is 12.8 Å². The average Bonchev–Trinajstić information content (AvgIpc) is 3.39. The van der Waals surface area contributed by atoms with Gasteiger partial charge in [-0.3, -0.25) is 9.69 Å². The Morgan fingerprint density at radius 2 is 2.03 bits per heavy atom. The number of H-pyrrole nitrogens is 1. The number of hydrogen-bond acceptors (Lipinski definition) is 6. The summed E-state index contributed by atoms with van der Waals surface area (Å²) >= 11 is 0. The molecule has 1 saturated carbocycles. The maximum Gasteiger partial charge on any atom is 0.168 e. The number of nitrogens with one attached hydrogen (secondary N) is 2. The molecule has 0 amide bonds. The number of amidine groups is 1. The molecule has 3 aromatic rings. The second-order valence-electron chi connectivity index (χ2n) is 9.58. The van der Waals surface area contributed by atoms with Gasteiger partial charge in [-0.05, 0) is 57.9 Å². The first-order valence-corrected chi connectivity index (χ1v) is 12.1. The Bertz CT molecular complexity index is 1310. The summed E-state index contributed by atoms with van der Waals surface area (Å²) in [6.45, 7) is 7.26. The number of aliphatic hydroxyl groups is 2. The Balaban J connectivity index is 1.31.